The SMILES string of the molecule is C=C(C)C(=O)OCc1ccc(C(=O)O)nc1.Fc1c[c-]c(-c2ccccn2)c(F)c1.Fc1c[c-]c(-c2ccccn2)c(F)c1.[Ir]. The zero-order chi connectivity index (χ0) is 32.1. The number of hydrogen-bond donors (Lipinski definition) is 1. The number of rotatable bonds is 6. The van der Waals surface area contributed by atoms with Gasteiger partial charge in [0, 0.05) is 73.1 Å². The van der Waals surface area contributed by atoms with Crippen LogP contribution in [0.4, 0.5) is 17.6 Å². The number of aromatic nitrogens is 3. The number of nitrogens with zero attached hydrogens (tertiary/aromatic N) is 3. The first-order chi connectivity index (χ1) is 21.0. The van der Waals surface area contributed by atoms with Crippen LogP contribution in [-0.2, 0) is 36.2 Å². The molecule has 0 saturated heterocycles. The predicted octanol–water partition coefficient (Wildman–Crippen LogP) is 7.05. The average molecular weight is 794 g/mol. The van der Waals surface area contributed by atoms with E-state index >= 15 is 0 Å². The summed E-state index contributed by atoms with van der Waals surface area (Å²) in [4.78, 5) is 33.1. The number of ether oxygens (including phenoxy) is 1. The Morgan fingerprint density at radius 2 is 1.33 bits per heavy atom. The third-order valence-corrected chi connectivity index (χ3v) is 5.32. The summed E-state index contributed by atoms with van der Waals surface area (Å²) in [5.74, 6) is -4.15. The zero-order valence-corrected chi connectivity index (χ0v) is 25.8. The number of hydrogen-bond acceptors (Lipinski definition) is 6. The van der Waals surface area contributed by atoms with Gasteiger partial charge in [-0.25, -0.2) is 14.6 Å². The van der Waals surface area contributed by atoms with Gasteiger partial charge in [-0.1, -0.05) is 60.2 Å². The fraction of sp³-hybridized carbons (Fsp3) is 0.0606. The summed E-state index contributed by atoms with van der Waals surface area (Å²) in [6.45, 7) is 5.04. The smallest absolute Gasteiger partial charge is 0.354 e. The number of pyridine rings is 3. The number of carboxylic acids is 1. The van der Waals surface area contributed by atoms with Crippen molar-refractivity contribution in [2.45, 2.75) is 13.5 Å². The van der Waals surface area contributed by atoms with Gasteiger partial charge in [0.25, 0.3) is 0 Å². The van der Waals surface area contributed by atoms with Crippen molar-refractivity contribution in [2.75, 3.05) is 0 Å². The molecule has 7 nitrogen and oxygen atoms in total. The van der Waals surface area contributed by atoms with Crippen molar-refractivity contribution in [3.63, 3.8) is 0 Å². The summed E-state index contributed by atoms with van der Waals surface area (Å²) in [7, 11) is 0. The summed E-state index contributed by atoms with van der Waals surface area (Å²) in [5.41, 5.74) is 2.17. The van der Waals surface area contributed by atoms with Crippen LogP contribution in [0.15, 0.2) is 104 Å². The Morgan fingerprint density at radius 1 is 0.822 bits per heavy atom. The van der Waals surface area contributed by atoms with E-state index in [1.165, 1.54) is 12.3 Å². The third kappa shape index (κ3) is 11.5. The molecule has 45 heavy (non-hydrogen) atoms. The van der Waals surface area contributed by atoms with Gasteiger partial charge in [-0.05, 0) is 36.5 Å². The molecule has 0 aliphatic carbocycles. The van der Waals surface area contributed by atoms with E-state index < -0.39 is 35.2 Å². The van der Waals surface area contributed by atoms with E-state index in [0.29, 0.717) is 22.5 Å². The van der Waals surface area contributed by atoms with Gasteiger partial charge in [0.2, 0.25) is 0 Å². The summed E-state index contributed by atoms with van der Waals surface area (Å²) in [6, 6.07) is 22.0. The van der Waals surface area contributed by atoms with Gasteiger partial charge in [0.1, 0.15) is 12.3 Å². The normalized spacial score (nSPS) is 9.71. The van der Waals surface area contributed by atoms with Crippen LogP contribution in [-0.4, -0.2) is 32.0 Å². The first kappa shape index (κ1) is 36.1. The fourth-order valence-corrected chi connectivity index (χ4v) is 3.21. The van der Waals surface area contributed by atoms with Crippen LogP contribution in [0.5, 0.6) is 0 Å². The minimum absolute atomic E-state index is 0. The van der Waals surface area contributed by atoms with E-state index in [2.05, 4.69) is 33.7 Å². The molecule has 0 unspecified atom stereocenters. The minimum atomic E-state index is -1.09. The molecular weight excluding hydrogens is 771 g/mol. The molecule has 2 aromatic carbocycles. The van der Waals surface area contributed by atoms with Crippen LogP contribution in [0.25, 0.3) is 22.5 Å². The molecule has 0 fully saturated rings. The molecule has 0 saturated carbocycles. The molecule has 0 spiro atoms. The van der Waals surface area contributed by atoms with Gasteiger partial charge in [-0.2, -0.15) is 0 Å². The van der Waals surface area contributed by atoms with Crippen molar-refractivity contribution in [1.29, 1.82) is 0 Å². The van der Waals surface area contributed by atoms with Crippen molar-refractivity contribution in [3.05, 3.63) is 150 Å². The van der Waals surface area contributed by atoms with Crippen LogP contribution in [0.3, 0.4) is 0 Å². The molecule has 3 heterocycles. The summed E-state index contributed by atoms with van der Waals surface area (Å²) in [5, 5.41) is 8.61. The molecule has 0 atom stereocenters. The molecule has 233 valence electrons. The Bertz CT molecular complexity index is 1640. The number of halogens is 4. The number of esters is 1. The molecule has 0 bridgehead atoms. The maximum absolute atomic E-state index is 13.2. The van der Waals surface area contributed by atoms with Gasteiger partial charge < -0.3 is 19.8 Å². The molecule has 1 N–H and O–H groups in total. The van der Waals surface area contributed by atoms with E-state index in [-0.39, 0.29) is 43.5 Å². The maximum atomic E-state index is 13.2. The van der Waals surface area contributed by atoms with Gasteiger partial charge >= 0.3 is 11.9 Å². The van der Waals surface area contributed by atoms with Gasteiger partial charge in [0.15, 0.2) is 0 Å². The second-order valence-electron chi connectivity index (χ2n) is 8.72. The summed E-state index contributed by atoms with van der Waals surface area (Å²) >= 11 is 0. The molecule has 12 heteroatoms. The Kier molecular flexibility index (Phi) is 14.4. The topological polar surface area (TPSA) is 102 Å². The van der Waals surface area contributed by atoms with E-state index in [1.54, 1.807) is 61.8 Å². The average Bonchev–Trinajstić information content (AvgIpc) is 3.01. The quantitative estimate of drug-likeness (QED) is 0.0852. The maximum Gasteiger partial charge on any atom is 0.354 e. The second-order valence-corrected chi connectivity index (χ2v) is 8.72. The van der Waals surface area contributed by atoms with Crippen molar-refractivity contribution in [2.24, 2.45) is 0 Å². The Hall–Kier alpha value is -5.06. The van der Waals surface area contributed by atoms with Gasteiger partial charge in [-0.3, -0.25) is 17.6 Å². The molecule has 3 aromatic heterocycles. The largest absolute Gasteiger partial charge is 0.477 e. The van der Waals surface area contributed by atoms with Gasteiger partial charge in [0.05, 0.1) is 0 Å². The summed E-state index contributed by atoms with van der Waals surface area (Å²) < 4.78 is 56.5. The van der Waals surface area contributed by atoms with Crippen molar-refractivity contribution >= 4 is 11.9 Å². The number of benzene rings is 2. The van der Waals surface area contributed by atoms with Crippen LogP contribution >= 0.6 is 0 Å². The number of aromatic carboxylic acids is 1. The number of carbonyl (C=O) groups excluding carboxylic acids is 1. The first-order valence-electron chi connectivity index (χ1n) is 12.6. The third-order valence-electron chi connectivity index (χ3n) is 5.32. The molecule has 1 radical (unpaired) electrons. The molecule has 5 rings (SSSR count). The molecular formula is C33H23F4IrN3O4-2. The van der Waals surface area contributed by atoms with E-state index in [4.69, 9.17) is 9.84 Å². The summed E-state index contributed by atoms with van der Waals surface area (Å²) in [6.07, 6.45) is 4.45. The van der Waals surface area contributed by atoms with Gasteiger partial charge in [-0.15, -0.1) is 24.3 Å². The Morgan fingerprint density at radius 3 is 1.69 bits per heavy atom. The van der Waals surface area contributed by atoms with Crippen LogP contribution in [0.1, 0.15) is 23.0 Å². The van der Waals surface area contributed by atoms with Crippen molar-refractivity contribution < 1.29 is 57.1 Å². The van der Waals surface area contributed by atoms with Crippen LogP contribution < -0.4 is 0 Å². The standard InChI is InChI=1S/2C11H6F2N.C11H11NO4.Ir/c2*12-8-4-5-9(10(13)7-8)11-3-1-2-6-14-11;1-7(2)11(15)16-6-8-3-4-9(10(13)14)12-5-8;/h2*1-4,6-7H;3-5H,1,6H2,2H3,(H,13,14);/q2*-1;;. The predicted molar refractivity (Wildman–Crippen MR) is 153 cm³/mol. The minimum Gasteiger partial charge on any atom is -0.477 e. The number of carboxylic acid groups (broad SMARTS) is 1. The van der Waals surface area contributed by atoms with E-state index in [1.807, 2.05) is 0 Å². The Balaban J connectivity index is 0.000000233. The second kappa shape index (κ2) is 17.9. The molecule has 5 aromatic rings. The van der Waals surface area contributed by atoms with Crippen LogP contribution in [0, 0.1) is 35.4 Å². The Labute approximate surface area is 269 Å². The van der Waals surface area contributed by atoms with E-state index in [0.717, 1.165) is 24.3 Å². The molecule has 0 aliphatic heterocycles. The molecule has 0 amide bonds. The molecule has 0 aliphatic rings. The van der Waals surface area contributed by atoms with Crippen LogP contribution in [0.2, 0.25) is 0 Å². The van der Waals surface area contributed by atoms with E-state index in [9.17, 15) is 27.2 Å². The van der Waals surface area contributed by atoms with Crippen molar-refractivity contribution in [3.8, 4) is 22.5 Å². The fourth-order valence-electron chi connectivity index (χ4n) is 3.21. The number of carbonyl (C=O) groups is 2. The first-order valence-corrected chi connectivity index (χ1v) is 12.6. The van der Waals surface area contributed by atoms with Crippen molar-refractivity contribution in [1.82, 2.24) is 15.0 Å². The monoisotopic (exact) mass is 794 g/mol. The zero-order valence-electron chi connectivity index (χ0n) is 23.4.